The van der Waals surface area contributed by atoms with E-state index >= 15 is 0 Å². The van der Waals surface area contributed by atoms with Crippen molar-refractivity contribution < 1.29 is 9.53 Å². The summed E-state index contributed by atoms with van der Waals surface area (Å²) in [5, 5.41) is 4.00. The quantitative estimate of drug-likeness (QED) is 0.791. The number of nitrogens with two attached hydrogens (primary N) is 1. The van der Waals surface area contributed by atoms with Crippen LogP contribution in [0.15, 0.2) is 6.20 Å². The van der Waals surface area contributed by atoms with Crippen molar-refractivity contribution in [3.63, 3.8) is 0 Å². The first-order valence-corrected chi connectivity index (χ1v) is 5.49. The monoisotopic (exact) mass is 225 g/mol. The van der Waals surface area contributed by atoms with Crippen LogP contribution in [-0.4, -0.2) is 21.9 Å². The molecule has 1 heterocycles. The van der Waals surface area contributed by atoms with E-state index in [1.165, 1.54) is 6.20 Å². The van der Waals surface area contributed by atoms with Crippen LogP contribution in [0, 0.1) is 5.92 Å². The van der Waals surface area contributed by atoms with E-state index in [-0.39, 0.29) is 12.0 Å². The molecule has 1 atom stereocenters. The normalized spacial score (nSPS) is 12.8. The molecule has 5 nitrogen and oxygen atoms in total. The molecule has 0 saturated carbocycles. The second kappa shape index (κ2) is 5.01. The van der Waals surface area contributed by atoms with Crippen LogP contribution in [0.1, 0.15) is 38.2 Å². The van der Waals surface area contributed by atoms with E-state index in [2.05, 4.69) is 5.10 Å². The SMILES string of the molecule is CCn1ncc(N)c1C(=O)OC(C)C(C)C. The Balaban J connectivity index is 2.84. The van der Waals surface area contributed by atoms with Crippen molar-refractivity contribution in [2.24, 2.45) is 5.92 Å². The zero-order valence-electron chi connectivity index (χ0n) is 10.2. The van der Waals surface area contributed by atoms with Gasteiger partial charge in [0.25, 0.3) is 0 Å². The first-order valence-electron chi connectivity index (χ1n) is 5.49. The number of anilines is 1. The van der Waals surface area contributed by atoms with Gasteiger partial charge in [0.1, 0.15) is 6.10 Å². The highest BCUT2D eigenvalue weighted by Crippen LogP contribution is 2.15. The van der Waals surface area contributed by atoms with E-state index in [9.17, 15) is 4.79 Å². The standard InChI is InChI=1S/C11H19N3O2/c1-5-14-10(9(12)6-13-14)11(15)16-8(4)7(2)3/h6-8H,5,12H2,1-4H3. The van der Waals surface area contributed by atoms with Gasteiger partial charge in [-0.15, -0.1) is 0 Å². The largest absolute Gasteiger partial charge is 0.458 e. The zero-order valence-corrected chi connectivity index (χ0v) is 10.2. The number of aryl methyl sites for hydroxylation is 1. The lowest BCUT2D eigenvalue weighted by Crippen LogP contribution is -2.23. The summed E-state index contributed by atoms with van der Waals surface area (Å²) in [6.45, 7) is 8.36. The van der Waals surface area contributed by atoms with Gasteiger partial charge in [-0.05, 0) is 19.8 Å². The lowest BCUT2D eigenvalue weighted by Gasteiger charge is -2.16. The fourth-order valence-electron chi connectivity index (χ4n) is 1.22. The van der Waals surface area contributed by atoms with Gasteiger partial charge in [-0.2, -0.15) is 5.10 Å². The number of hydrogen-bond donors (Lipinski definition) is 1. The number of ether oxygens (including phenoxy) is 1. The summed E-state index contributed by atoms with van der Waals surface area (Å²) in [6, 6.07) is 0. The third kappa shape index (κ3) is 2.53. The highest BCUT2D eigenvalue weighted by molar-refractivity contribution is 5.93. The molecular formula is C11H19N3O2. The molecule has 0 aliphatic rings. The molecule has 1 aromatic heterocycles. The average Bonchev–Trinajstić information content (AvgIpc) is 2.59. The number of hydrogen-bond acceptors (Lipinski definition) is 4. The maximum atomic E-state index is 11.9. The van der Waals surface area contributed by atoms with E-state index in [0.717, 1.165) is 0 Å². The third-order valence-corrected chi connectivity index (χ3v) is 2.59. The number of rotatable bonds is 4. The summed E-state index contributed by atoms with van der Waals surface area (Å²) < 4.78 is 6.85. The van der Waals surface area contributed by atoms with Crippen LogP contribution in [-0.2, 0) is 11.3 Å². The van der Waals surface area contributed by atoms with Gasteiger partial charge in [-0.25, -0.2) is 4.79 Å². The van der Waals surface area contributed by atoms with Crippen LogP contribution in [0.2, 0.25) is 0 Å². The molecule has 0 bridgehead atoms. The highest BCUT2D eigenvalue weighted by atomic mass is 16.5. The molecule has 1 unspecified atom stereocenters. The van der Waals surface area contributed by atoms with Crippen LogP contribution in [0.4, 0.5) is 5.69 Å². The molecule has 0 radical (unpaired) electrons. The van der Waals surface area contributed by atoms with Crippen molar-refractivity contribution in [1.29, 1.82) is 0 Å². The number of nitrogen functional groups attached to an aromatic ring is 1. The highest BCUT2D eigenvalue weighted by Gasteiger charge is 2.21. The summed E-state index contributed by atoms with van der Waals surface area (Å²) >= 11 is 0. The number of nitrogens with zero attached hydrogens (tertiary/aromatic N) is 2. The minimum absolute atomic E-state index is 0.132. The Bertz CT molecular complexity index is 371. The molecule has 0 fully saturated rings. The van der Waals surface area contributed by atoms with Gasteiger partial charge < -0.3 is 10.5 Å². The predicted molar refractivity (Wildman–Crippen MR) is 62.0 cm³/mol. The molecule has 16 heavy (non-hydrogen) atoms. The molecule has 0 spiro atoms. The molecule has 0 saturated heterocycles. The smallest absolute Gasteiger partial charge is 0.359 e. The Morgan fingerprint density at radius 1 is 1.56 bits per heavy atom. The van der Waals surface area contributed by atoms with Crippen molar-refractivity contribution >= 4 is 11.7 Å². The van der Waals surface area contributed by atoms with Crippen LogP contribution >= 0.6 is 0 Å². The van der Waals surface area contributed by atoms with Crippen molar-refractivity contribution in [2.45, 2.75) is 40.3 Å². The van der Waals surface area contributed by atoms with Gasteiger partial charge in [0, 0.05) is 6.54 Å². The zero-order chi connectivity index (χ0) is 12.3. The number of esters is 1. The van der Waals surface area contributed by atoms with Crippen LogP contribution < -0.4 is 5.73 Å². The molecular weight excluding hydrogens is 206 g/mol. The van der Waals surface area contributed by atoms with E-state index in [4.69, 9.17) is 10.5 Å². The third-order valence-electron chi connectivity index (χ3n) is 2.59. The molecule has 1 aromatic rings. The Morgan fingerprint density at radius 3 is 2.69 bits per heavy atom. The van der Waals surface area contributed by atoms with Crippen LogP contribution in [0.25, 0.3) is 0 Å². The first-order chi connectivity index (χ1) is 7.47. The molecule has 90 valence electrons. The molecule has 5 heteroatoms. The summed E-state index contributed by atoms with van der Waals surface area (Å²) in [7, 11) is 0. The summed E-state index contributed by atoms with van der Waals surface area (Å²) in [6.07, 6.45) is 1.34. The van der Waals surface area contributed by atoms with Gasteiger partial charge in [-0.3, -0.25) is 4.68 Å². The second-order valence-corrected chi connectivity index (χ2v) is 4.12. The molecule has 0 aliphatic heterocycles. The lowest BCUT2D eigenvalue weighted by atomic mass is 10.1. The van der Waals surface area contributed by atoms with Crippen molar-refractivity contribution in [3.05, 3.63) is 11.9 Å². The molecule has 0 aliphatic carbocycles. The fourth-order valence-corrected chi connectivity index (χ4v) is 1.22. The van der Waals surface area contributed by atoms with E-state index in [1.54, 1.807) is 4.68 Å². The number of carbonyl (C=O) groups excluding carboxylic acids is 1. The Kier molecular flexibility index (Phi) is 3.93. The maximum absolute atomic E-state index is 11.9. The Morgan fingerprint density at radius 2 is 2.19 bits per heavy atom. The van der Waals surface area contributed by atoms with E-state index in [0.29, 0.717) is 17.9 Å². The number of aromatic nitrogens is 2. The Labute approximate surface area is 95.6 Å². The van der Waals surface area contributed by atoms with Gasteiger partial charge in [0.15, 0.2) is 5.69 Å². The van der Waals surface area contributed by atoms with E-state index < -0.39 is 5.97 Å². The second-order valence-electron chi connectivity index (χ2n) is 4.12. The predicted octanol–water partition coefficient (Wildman–Crippen LogP) is 1.69. The fraction of sp³-hybridized carbons (Fsp3) is 0.636. The van der Waals surface area contributed by atoms with Crippen molar-refractivity contribution in [1.82, 2.24) is 9.78 Å². The maximum Gasteiger partial charge on any atom is 0.359 e. The minimum Gasteiger partial charge on any atom is -0.458 e. The lowest BCUT2D eigenvalue weighted by molar-refractivity contribution is 0.0225. The van der Waals surface area contributed by atoms with Gasteiger partial charge >= 0.3 is 5.97 Å². The minimum atomic E-state index is -0.405. The van der Waals surface area contributed by atoms with Crippen LogP contribution in [0.3, 0.4) is 0 Å². The summed E-state index contributed by atoms with van der Waals surface area (Å²) in [5.41, 5.74) is 6.39. The van der Waals surface area contributed by atoms with Gasteiger partial charge in [-0.1, -0.05) is 13.8 Å². The Hall–Kier alpha value is -1.52. The van der Waals surface area contributed by atoms with E-state index in [1.807, 2.05) is 27.7 Å². The molecule has 2 N–H and O–H groups in total. The molecule has 0 aromatic carbocycles. The van der Waals surface area contributed by atoms with Crippen molar-refractivity contribution in [2.75, 3.05) is 5.73 Å². The molecule has 1 rings (SSSR count). The van der Waals surface area contributed by atoms with Crippen LogP contribution in [0.5, 0.6) is 0 Å². The number of carbonyl (C=O) groups is 1. The average molecular weight is 225 g/mol. The van der Waals surface area contributed by atoms with Gasteiger partial charge in [0.2, 0.25) is 0 Å². The first kappa shape index (κ1) is 12.5. The van der Waals surface area contributed by atoms with Crippen molar-refractivity contribution in [3.8, 4) is 0 Å². The summed E-state index contributed by atoms with van der Waals surface area (Å²) in [4.78, 5) is 11.9. The van der Waals surface area contributed by atoms with Gasteiger partial charge in [0.05, 0.1) is 11.9 Å². The molecule has 0 amide bonds. The topological polar surface area (TPSA) is 70.1 Å². The summed E-state index contributed by atoms with van der Waals surface area (Å²) in [5.74, 6) is -0.124.